The van der Waals surface area contributed by atoms with Crippen molar-refractivity contribution >= 4 is 22.4 Å². The second kappa shape index (κ2) is 5.82. The Kier molecular flexibility index (Phi) is 3.68. The molecule has 114 valence electrons. The van der Waals surface area contributed by atoms with Gasteiger partial charge in [-0.1, -0.05) is 12.5 Å². The number of likely N-dealkylation sites (tertiary alicyclic amines) is 1. The van der Waals surface area contributed by atoms with Gasteiger partial charge in [0.05, 0.1) is 29.6 Å². The first-order chi connectivity index (χ1) is 10.8. The number of aromatic nitrogens is 3. The molecule has 1 aliphatic heterocycles. The zero-order valence-electron chi connectivity index (χ0n) is 12.8. The minimum Gasteiger partial charge on any atom is -0.334 e. The molecular formula is C17H20N4S. The summed E-state index contributed by atoms with van der Waals surface area (Å²) in [6.07, 6.45) is 5.89. The quantitative estimate of drug-likeness (QED) is 0.740. The molecule has 0 unspecified atom stereocenters. The van der Waals surface area contributed by atoms with Crippen molar-refractivity contribution in [3.05, 3.63) is 34.9 Å². The molecule has 4 nitrogen and oxygen atoms in total. The van der Waals surface area contributed by atoms with Crippen LogP contribution >= 0.6 is 11.3 Å². The Morgan fingerprint density at radius 3 is 2.91 bits per heavy atom. The van der Waals surface area contributed by atoms with Crippen molar-refractivity contribution in [3.8, 4) is 11.3 Å². The van der Waals surface area contributed by atoms with Crippen molar-refractivity contribution in [2.75, 3.05) is 13.1 Å². The monoisotopic (exact) mass is 312 g/mol. The van der Waals surface area contributed by atoms with Gasteiger partial charge >= 0.3 is 0 Å². The van der Waals surface area contributed by atoms with E-state index in [1.165, 1.54) is 37.4 Å². The number of rotatable bonds is 3. The molecule has 3 heterocycles. The van der Waals surface area contributed by atoms with Gasteiger partial charge in [0.25, 0.3) is 0 Å². The van der Waals surface area contributed by atoms with Crippen molar-refractivity contribution in [3.63, 3.8) is 0 Å². The summed E-state index contributed by atoms with van der Waals surface area (Å²) in [6, 6.07) is 6.40. The zero-order valence-corrected chi connectivity index (χ0v) is 13.6. The van der Waals surface area contributed by atoms with Crippen LogP contribution in [-0.4, -0.2) is 32.5 Å². The minimum absolute atomic E-state index is 0.997. The van der Waals surface area contributed by atoms with E-state index in [0.29, 0.717) is 0 Å². The molecule has 0 N–H and O–H groups in total. The fourth-order valence-electron chi connectivity index (χ4n) is 3.12. The zero-order chi connectivity index (χ0) is 14.9. The lowest BCUT2D eigenvalue weighted by Crippen LogP contribution is -2.28. The van der Waals surface area contributed by atoms with Gasteiger partial charge in [0.2, 0.25) is 0 Å². The third-order valence-electron chi connectivity index (χ3n) is 4.38. The number of hydrogen-bond donors (Lipinski definition) is 0. The molecule has 0 saturated carbocycles. The lowest BCUT2D eigenvalue weighted by atomic mass is 10.1. The van der Waals surface area contributed by atoms with Crippen LogP contribution in [0.2, 0.25) is 0 Å². The van der Waals surface area contributed by atoms with Crippen molar-refractivity contribution in [2.45, 2.75) is 25.8 Å². The average Bonchev–Trinajstić information content (AvgIpc) is 3.15. The van der Waals surface area contributed by atoms with Crippen molar-refractivity contribution < 1.29 is 0 Å². The molecular weight excluding hydrogens is 292 g/mol. The molecule has 3 aromatic rings. The Morgan fingerprint density at radius 1 is 1.18 bits per heavy atom. The molecule has 0 amide bonds. The van der Waals surface area contributed by atoms with Gasteiger partial charge in [0.15, 0.2) is 0 Å². The van der Waals surface area contributed by atoms with Crippen LogP contribution in [0, 0.1) is 0 Å². The molecule has 0 spiro atoms. The first-order valence-corrected chi connectivity index (χ1v) is 8.76. The van der Waals surface area contributed by atoms with Crippen molar-refractivity contribution in [1.82, 2.24) is 19.4 Å². The number of aryl methyl sites for hydroxylation is 1. The second-order valence-electron chi connectivity index (χ2n) is 6.02. The van der Waals surface area contributed by atoms with E-state index in [1.54, 1.807) is 11.3 Å². The van der Waals surface area contributed by atoms with E-state index >= 15 is 0 Å². The van der Waals surface area contributed by atoms with Crippen LogP contribution in [0.3, 0.4) is 0 Å². The molecule has 1 fully saturated rings. The number of piperidine rings is 1. The average molecular weight is 312 g/mol. The molecule has 0 aliphatic carbocycles. The van der Waals surface area contributed by atoms with E-state index in [0.717, 1.165) is 28.8 Å². The van der Waals surface area contributed by atoms with Crippen LogP contribution in [0.25, 0.3) is 22.3 Å². The predicted octanol–water partition coefficient (Wildman–Crippen LogP) is 3.68. The van der Waals surface area contributed by atoms with Crippen LogP contribution in [-0.2, 0) is 13.6 Å². The molecule has 0 bridgehead atoms. The molecule has 4 rings (SSSR count). The standard InChI is InChI=1S/C17H20N4S/c1-20-12-18-14-9-13(5-6-16(14)20)15-11-22-17(19-15)10-21-7-3-2-4-8-21/h5-6,9,11-12H,2-4,7-8,10H2,1H3. The van der Waals surface area contributed by atoms with Gasteiger partial charge in [0.1, 0.15) is 5.01 Å². The molecule has 1 aromatic carbocycles. The van der Waals surface area contributed by atoms with Crippen LogP contribution in [0.1, 0.15) is 24.3 Å². The molecule has 22 heavy (non-hydrogen) atoms. The Bertz CT molecular complexity index is 783. The molecule has 5 heteroatoms. The van der Waals surface area contributed by atoms with Gasteiger partial charge in [-0.15, -0.1) is 11.3 Å². The summed E-state index contributed by atoms with van der Waals surface area (Å²) in [5, 5.41) is 3.39. The molecule has 1 saturated heterocycles. The summed E-state index contributed by atoms with van der Waals surface area (Å²) in [5.74, 6) is 0. The summed E-state index contributed by atoms with van der Waals surface area (Å²) in [4.78, 5) is 11.8. The first kappa shape index (κ1) is 13.9. The van der Waals surface area contributed by atoms with E-state index in [9.17, 15) is 0 Å². The Morgan fingerprint density at radius 2 is 2.05 bits per heavy atom. The smallest absolute Gasteiger partial charge is 0.107 e. The fraction of sp³-hybridized carbons (Fsp3) is 0.412. The summed E-state index contributed by atoms with van der Waals surface area (Å²) >= 11 is 1.77. The largest absolute Gasteiger partial charge is 0.334 e. The molecule has 2 aromatic heterocycles. The summed E-state index contributed by atoms with van der Waals surface area (Å²) in [5.41, 5.74) is 4.43. The molecule has 0 radical (unpaired) electrons. The van der Waals surface area contributed by atoms with E-state index in [2.05, 4.69) is 33.5 Å². The minimum atomic E-state index is 0.997. The lowest BCUT2D eigenvalue weighted by Gasteiger charge is -2.25. The number of benzene rings is 1. The molecule has 0 atom stereocenters. The van der Waals surface area contributed by atoms with Crippen LogP contribution in [0.5, 0.6) is 0 Å². The van der Waals surface area contributed by atoms with Crippen molar-refractivity contribution in [2.24, 2.45) is 7.05 Å². The summed E-state index contributed by atoms with van der Waals surface area (Å²) in [6.45, 7) is 3.43. The van der Waals surface area contributed by atoms with Crippen LogP contribution in [0.4, 0.5) is 0 Å². The first-order valence-electron chi connectivity index (χ1n) is 7.88. The number of hydrogen-bond acceptors (Lipinski definition) is 4. The number of fused-ring (bicyclic) bond motifs is 1. The third-order valence-corrected chi connectivity index (χ3v) is 5.21. The number of thiazole rings is 1. The fourth-order valence-corrected chi connectivity index (χ4v) is 3.96. The van der Waals surface area contributed by atoms with Gasteiger partial charge in [0, 0.05) is 18.0 Å². The van der Waals surface area contributed by atoms with E-state index in [4.69, 9.17) is 4.98 Å². The highest BCUT2D eigenvalue weighted by Crippen LogP contribution is 2.26. The lowest BCUT2D eigenvalue weighted by molar-refractivity contribution is 0.220. The summed E-state index contributed by atoms with van der Waals surface area (Å²) < 4.78 is 2.04. The SMILES string of the molecule is Cn1cnc2cc(-c3csc(CN4CCCCC4)n3)ccc21. The van der Waals surface area contributed by atoms with Gasteiger partial charge in [-0.05, 0) is 38.1 Å². The maximum atomic E-state index is 4.83. The van der Waals surface area contributed by atoms with Crippen LogP contribution < -0.4 is 0 Å². The van der Waals surface area contributed by atoms with Gasteiger partial charge in [-0.2, -0.15) is 0 Å². The Labute approximate surface area is 134 Å². The Hall–Kier alpha value is -1.72. The Balaban J connectivity index is 1.56. The molecule has 1 aliphatic rings. The highest BCUT2D eigenvalue weighted by atomic mass is 32.1. The second-order valence-corrected chi connectivity index (χ2v) is 6.96. The number of imidazole rings is 1. The van der Waals surface area contributed by atoms with E-state index < -0.39 is 0 Å². The van der Waals surface area contributed by atoms with Crippen LogP contribution in [0.15, 0.2) is 29.9 Å². The predicted molar refractivity (Wildman–Crippen MR) is 91.0 cm³/mol. The van der Waals surface area contributed by atoms with E-state index in [-0.39, 0.29) is 0 Å². The maximum absolute atomic E-state index is 4.83. The highest BCUT2D eigenvalue weighted by molar-refractivity contribution is 7.09. The van der Waals surface area contributed by atoms with Gasteiger partial charge in [-0.3, -0.25) is 4.90 Å². The summed E-state index contributed by atoms with van der Waals surface area (Å²) in [7, 11) is 2.02. The van der Waals surface area contributed by atoms with Gasteiger partial charge in [-0.25, -0.2) is 9.97 Å². The number of nitrogens with zero attached hydrogens (tertiary/aromatic N) is 4. The van der Waals surface area contributed by atoms with E-state index in [1.807, 2.05) is 17.9 Å². The van der Waals surface area contributed by atoms with Gasteiger partial charge < -0.3 is 4.57 Å². The maximum Gasteiger partial charge on any atom is 0.107 e. The topological polar surface area (TPSA) is 34.0 Å². The third kappa shape index (κ3) is 2.66. The normalized spacial score (nSPS) is 16.4. The van der Waals surface area contributed by atoms with Crippen molar-refractivity contribution in [1.29, 1.82) is 0 Å². The highest BCUT2D eigenvalue weighted by Gasteiger charge is 2.13.